The highest BCUT2D eigenvalue weighted by Gasteiger charge is 2.33. The summed E-state index contributed by atoms with van der Waals surface area (Å²) in [5.74, 6) is 0.686. The highest BCUT2D eigenvalue weighted by Crippen LogP contribution is 2.37. The van der Waals surface area contributed by atoms with E-state index in [4.69, 9.17) is 12.2 Å². The van der Waals surface area contributed by atoms with Crippen LogP contribution in [0.5, 0.6) is 0 Å². The van der Waals surface area contributed by atoms with Gasteiger partial charge in [-0.1, -0.05) is 67.7 Å². The summed E-state index contributed by atoms with van der Waals surface area (Å²) in [6.07, 6.45) is 6.91. The summed E-state index contributed by atoms with van der Waals surface area (Å²) in [6.45, 7) is 6.57. The number of hydrogen-bond acceptors (Lipinski definition) is 6. The molecule has 35 heavy (non-hydrogen) atoms. The third-order valence-electron chi connectivity index (χ3n) is 6.57. The predicted octanol–water partition coefficient (Wildman–Crippen LogP) is 5.22. The van der Waals surface area contributed by atoms with Crippen LogP contribution in [0.15, 0.2) is 40.0 Å². The van der Waals surface area contributed by atoms with Gasteiger partial charge >= 0.3 is 0 Å². The van der Waals surface area contributed by atoms with Gasteiger partial charge in [-0.15, -0.1) is 0 Å². The number of thiocarbonyl (C=S) groups is 1. The lowest BCUT2D eigenvalue weighted by atomic mass is 10.0. The van der Waals surface area contributed by atoms with Crippen LogP contribution in [-0.4, -0.2) is 32.8 Å². The van der Waals surface area contributed by atoms with Crippen molar-refractivity contribution in [3.63, 3.8) is 0 Å². The molecular weight excluding hydrogens is 476 g/mol. The minimum atomic E-state index is -0.243. The SMILES string of the molecule is CCCCn1c(N2CCCCC2)c(C=C2SC(=S)N(Cc3ccccc3)C2=O)c(C)c(C#N)c1=O. The molecule has 0 N–H and O–H groups in total. The molecular formula is C27H30N4O2S2. The number of carbonyl (C=O) groups is 1. The summed E-state index contributed by atoms with van der Waals surface area (Å²) in [5, 5.41) is 9.84. The molecule has 2 fully saturated rings. The van der Waals surface area contributed by atoms with Crippen LogP contribution in [0, 0.1) is 18.3 Å². The van der Waals surface area contributed by atoms with Crippen molar-refractivity contribution in [1.29, 1.82) is 5.26 Å². The maximum Gasteiger partial charge on any atom is 0.270 e. The molecule has 0 aliphatic carbocycles. The number of pyridine rings is 1. The molecule has 0 radical (unpaired) electrons. The van der Waals surface area contributed by atoms with Gasteiger partial charge in [-0.3, -0.25) is 19.1 Å². The van der Waals surface area contributed by atoms with Crippen LogP contribution in [0.25, 0.3) is 6.08 Å². The van der Waals surface area contributed by atoms with E-state index >= 15 is 0 Å². The Morgan fingerprint density at radius 3 is 2.51 bits per heavy atom. The topological polar surface area (TPSA) is 69.3 Å². The van der Waals surface area contributed by atoms with Gasteiger partial charge < -0.3 is 4.90 Å². The van der Waals surface area contributed by atoms with E-state index in [9.17, 15) is 14.9 Å². The molecule has 8 heteroatoms. The third-order valence-corrected chi connectivity index (χ3v) is 7.95. The molecule has 0 saturated carbocycles. The van der Waals surface area contributed by atoms with Crippen LogP contribution in [0.2, 0.25) is 0 Å². The minimum Gasteiger partial charge on any atom is -0.357 e. The van der Waals surface area contributed by atoms with E-state index in [1.165, 1.54) is 18.2 Å². The van der Waals surface area contributed by atoms with E-state index in [0.29, 0.717) is 27.9 Å². The Bertz CT molecular complexity index is 1250. The molecule has 182 valence electrons. The molecule has 0 bridgehead atoms. The fraction of sp³-hybridized carbons (Fsp3) is 0.407. The molecule has 2 aliphatic rings. The van der Waals surface area contributed by atoms with Crippen molar-refractivity contribution in [3.05, 3.63) is 67.8 Å². The molecule has 0 spiro atoms. The second-order valence-corrected chi connectivity index (χ2v) is 10.6. The van der Waals surface area contributed by atoms with Crippen molar-refractivity contribution >= 4 is 46.1 Å². The number of hydrogen-bond donors (Lipinski definition) is 0. The molecule has 2 aromatic rings. The molecule has 1 amide bonds. The first kappa shape index (κ1) is 25.2. The maximum atomic E-state index is 13.4. The number of benzene rings is 1. The van der Waals surface area contributed by atoms with E-state index in [0.717, 1.165) is 55.7 Å². The Labute approximate surface area is 216 Å². The first-order chi connectivity index (χ1) is 17.0. The molecule has 1 aromatic heterocycles. The molecule has 6 nitrogen and oxygen atoms in total. The van der Waals surface area contributed by atoms with Crippen LogP contribution in [0.3, 0.4) is 0 Å². The summed E-state index contributed by atoms with van der Waals surface area (Å²) in [4.78, 5) is 31.1. The zero-order valence-electron chi connectivity index (χ0n) is 20.2. The Hall–Kier alpha value is -2.89. The van der Waals surface area contributed by atoms with Crippen molar-refractivity contribution in [2.75, 3.05) is 18.0 Å². The monoisotopic (exact) mass is 506 g/mol. The Balaban J connectivity index is 1.82. The van der Waals surface area contributed by atoms with Gasteiger partial charge in [0.25, 0.3) is 11.5 Å². The highest BCUT2D eigenvalue weighted by atomic mass is 32.2. The average Bonchev–Trinajstić information content (AvgIpc) is 3.13. The third kappa shape index (κ3) is 5.21. The Kier molecular flexibility index (Phi) is 8.09. The Morgan fingerprint density at radius 1 is 1.14 bits per heavy atom. The molecule has 3 heterocycles. The molecule has 2 aliphatic heterocycles. The largest absolute Gasteiger partial charge is 0.357 e. The first-order valence-electron chi connectivity index (χ1n) is 12.2. The lowest BCUT2D eigenvalue weighted by Gasteiger charge is -2.33. The van der Waals surface area contributed by atoms with Crippen LogP contribution < -0.4 is 10.5 Å². The highest BCUT2D eigenvalue weighted by molar-refractivity contribution is 8.26. The van der Waals surface area contributed by atoms with Gasteiger partial charge in [0, 0.05) is 25.2 Å². The van der Waals surface area contributed by atoms with Crippen LogP contribution >= 0.6 is 24.0 Å². The van der Waals surface area contributed by atoms with Gasteiger partial charge in [0.05, 0.1) is 11.4 Å². The van der Waals surface area contributed by atoms with E-state index in [1.54, 1.807) is 9.47 Å². The fourth-order valence-corrected chi connectivity index (χ4v) is 5.88. The molecule has 2 saturated heterocycles. The number of anilines is 1. The molecule has 1 aromatic carbocycles. The average molecular weight is 507 g/mol. The van der Waals surface area contributed by atoms with Crippen molar-refractivity contribution in [1.82, 2.24) is 9.47 Å². The number of carbonyl (C=O) groups excluding carboxylic acids is 1. The number of piperidine rings is 1. The normalized spacial score (nSPS) is 17.3. The van der Waals surface area contributed by atoms with E-state index < -0.39 is 0 Å². The van der Waals surface area contributed by atoms with Gasteiger partial charge in [0.15, 0.2) is 0 Å². The van der Waals surface area contributed by atoms with Gasteiger partial charge in [-0.2, -0.15) is 5.26 Å². The van der Waals surface area contributed by atoms with Crippen molar-refractivity contribution < 1.29 is 4.79 Å². The van der Waals surface area contributed by atoms with Crippen molar-refractivity contribution in [2.45, 2.75) is 59.0 Å². The summed E-state index contributed by atoms with van der Waals surface area (Å²) >= 11 is 6.84. The van der Waals surface area contributed by atoms with Gasteiger partial charge in [0.2, 0.25) is 0 Å². The number of rotatable bonds is 7. The number of thioether (sulfide) groups is 1. The maximum absolute atomic E-state index is 13.4. The van der Waals surface area contributed by atoms with Crippen LogP contribution in [0.1, 0.15) is 61.3 Å². The lowest BCUT2D eigenvalue weighted by Crippen LogP contribution is -2.37. The smallest absolute Gasteiger partial charge is 0.270 e. The number of aromatic nitrogens is 1. The van der Waals surface area contributed by atoms with Crippen LogP contribution in [0.4, 0.5) is 5.82 Å². The van der Waals surface area contributed by atoms with Crippen molar-refractivity contribution in [3.8, 4) is 6.07 Å². The number of amides is 1. The van der Waals surface area contributed by atoms with Gasteiger partial charge in [-0.25, -0.2) is 0 Å². The Morgan fingerprint density at radius 2 is 1.86 bits per heavy atom. The minimum absolute atomic E-state index is 0.141. The second kappa shape index (κ2) is 11.2. The quantitative estimate of drug-likeness (QED) is 0.379. The summed E-state index contributed by atoms with van der Waals surface area (Å²) < 4.78 is 2.28. The zero-order chi connectivity index (χ0) is 24.9. The zero-order valence-corrected chi connectivity index (χ0v) is 21.9. The van der Waals surface area contributed by atoms with Gasteiger partial charge in [0.1, 0.15) is 21.8 Å². The number of unbranched alkanes of at least 4 members (excludes halogenated alkanes) is 1. The lowest BCUT2D eigenvalue weighted by molar-refractivity contribution is -0.122. The van der Waals surface area contributed by atoms with E-state index in [2.05, 4.69) is 17.9 Å². The predicted molar refractivity (Wildman–Crippen MR) is 146 cm³/mol. The molecule has 0 atom stereocenters. The van der Waals surface area contributed by atoms with Crippen LogP contribution in [-0.2, 0) is 17.9 Å². The van der Waals surface area contributed by atoms with Crippen molar-refractivity contribution in [2.24, 2.45) is 0 Å². The fourth-order valence-electron chi connectivity index (χ4n) is 4.65. The molecule has 0 unspecified atom stereocenters. The van der Waals surface area contributed by atoms with E-state index in [-0.39, 0.29) is 17.0 Å². The standard InChI is InChI=1S/C27H30N4O2S2/c1-3-4-15-30-24(29-13-9-6-10-14-29)21(19(2)22(17-28)25(30)32)16-23-26(33)31(27(34)35-23)18-20-11-7-5-8-12-20/h5,7-8,11-12,16H,3-4,6,9-10,13-15,18H2,1-2H3. The van der Waals surface area contributed by atoms with E-state index in [1.807, 2.05) is 43.3 Å². The summed E-state index contributed by atoms with van der Waals surface area (Å²) in [6, 6.07) is 11.9. The second-order valence-electron chi connectivity index (χ2n) is 8.96. The summed E-state index contributed by atoms with van der Waals surface area (Å²) in [7, 11) is 0. The first-order valence-corrected chi connectivity index (χ1v) is 13.4. The molecule has 4 rings (SSSR count). The summed E-state index contributed by atoms with van der Waals surface area (Å²) in [5.41, 5.74) is 2.31. The van der Waals surface area contributed by atoms with Gasteiger partial charge in [-0.05, 0) is 49.8 Å². The number of nitrogens with zero attached hydrogens (tertiary/aromatic N) is 4. The number of nitriles is 1.